The topological polar surface area (TPSA) is 102 Å². The van der Waals surface area contributed by atoms with Crippen molar-refractivity contribution in [2.45, 2.75) is 43.7 Å². The van der Waals surface area contributed by atoms with E-state index < -0.39 is 12.1 Å². The van der Waals surface area contributed by atoms with Crippen LogP contribution in [-0.2, 0) is 20.7 Å². The molecule has 1 N–H and O–H groups in total. The minimum atomic E-state index is -5.08. The molecule has 32 heavy (non-hydrogen) atoms. The molecule has 4 heterocycles. The molecule has 2 saturated heterocycles. The highest BCUT2D eigenvalue weighted by atomic mass is 19.4. The Kier molecular flexibility index (Phi) is 7.62. The number of pyridine rings is 2. The lowest BCUT2D eigenvalue weighted by molar-refractivity contribution is -0.192. The van der Waals surface area contributed by atoms with Crippen LogP contribution in [0.1, 0.15) is 18.5 Å². The molecule has 172 valence electrons. The third-order valence-electron chi connectivity index (χ3n) is 5.01. The molecule has 1 amide bonds. The second-order valence-electron chi connectivity index (χ2n) is 7.22. The van der Waals surface area contributed by atoms with Crippen LogP contribution in [0.5, 0.6) is 5.88 Å². The minimum Gasteiger partial charge on any atom is -0.475 e. The number of fused-ring (bicyclic) bond motifs is 1. The number of carbonyl (C=O) groups excluding carboxylic acids is 1. The van der Waals surface area contributed by atoms with E-state index in [9.17, 15) is 18.0 Å². The normalized spacial score (nSPS) is 22.3. The summed E-state index contributed by atoms with van der Waals surface area (Å²) in [7, 11) is 0. The summed E-state index contributed by atoms with van der Waals surface area (Å²) in [5, 5.41) is 7.12. The average Bonchev–Trinajstić information content (AvgIpc) is 3.14. The van der Waals surface area contributed by atoms with Crippen LogP contribution in [0.2, 0.25) is 0 Å². The quantitative estimate of drug-likeness (QED) is 0.759. The fourth-order valence-corrected chi connectivity index (χ4v) is 3.63. The number of aromatic nitrogens is 2. The molecule has 0 aromatic carbocycles. The van der Waals surface area contributed by atoms with Gasteiger partial charge in [-0.05, 0) is 31.0 Å². The van der Waals surface area contributed by atoms with Gasteiger partial charge in [-0.2, -0.15) is 13.2 Å². The summed E-state index contributed by atoms with van der Waals surface area (Å²) >= 11 is 0. The zero-order valence-corrected chi connectivity index (χ0v) is 16.9. The van der Waals surface area contributed by atoms with E-state index in [4.69, 9.17) is 19.4 Å². The number of hydrogen-bond acceptors (Lipinski definition) is 6. The van der Waals surface area contributed by atoms with Gasteiger partial charge in [0.25, 0.3) is 0 Å². The molecule has 3 atom stereocenters. The summed E-state index contributed by atoms with van der Waals surface area (Å²) in [5.41, 5.74) is 0.787. The fourth-order valence-electron chi connectivity index (χ4n) is 3.63. The van der Waals surface area contributed by atoms with Crippen LogP contribution in [-0.4, -0.2) is 69.4 Å². The Morgan fingerprint density at radius 2 is 1.84 bits per heavy atom. The van der Waals surface area contributed by atoms with Gasteiger partial charge in [-0.25, -0.2) is 9.78 Å². The van der Waals surface area contributed by atoms with Crippen molar-refractivity contribution < 1.29 is 37.3 Å². The molecule has 11 heteroatoms. The summed E-state index contributed by atoms with van der Waals surface area (Å²) in [5.74, 6) is -2.11. The predicted molar refractivity (Wildman–Crippen MR) is 105 cm³/mol. The van der Waals surface area contributed by atoms with Crippen LogP contribution >= 0.6 is 0 Å². The highest BCUT2D eigenvalue weighted by molar-refractivity contribution is 5.79. The molecule has 2 fully saturated rings. The van der Waals surface area contributed by atoms with Crippen molar-refractivity contribution in [3.05, 3.63) is 54.5 Å². The third kappa shape index (κ3) is 6.16. The van der Waals surface area contributed by atoms with E-state index in [1.807, 2.05) is 41.3 Å². The van der Waals surface area contributed by atoms with Gasteiger partial charge in [0.05, 0.1) is 19.0 Å². The average molecular weight is 453 g/mol. The zero-order chi connectivity index (χ0) is 23.1. The van der Waals surface area contributed by atoms with E-state index in [0.717, 1.165) is 18.5 Å². The van der Waals surface area contributed by atoms with E-state index in [2.05, 4.69) is 9.97 Å². The molecule has 0 spiro atoms. The van der Waals surface area contributed by atoms with E-state index in [0.29, 0.717) is 25.5 Å². The van der Waals surface area contributed by atoms with Gasteiger partial charge in [-0.3, -0.25) is 9.78 Å². The molecule has 2 aliphatic heterocycles. The van der Waals surface area contributed by atoms with Crippen molar-refractivity contribution in [1.29, 1.82) is 0 Å². The first-order valence-electron chi connectivity index (χ1n) is 9.94. The summed E-state index contributed by atoms with van der Waals surface area (Å²) in [4.78, 5) is 32.1. The van der Waals surface area contributed by atoms with Gasteiger partial charge in [-0.15, -0.1) is 0 Å². The lowest BCUT2D eigenvalue weighted by Gasteiger charge is -2.32. The summed E-state index contributed by atoms with van der Waals surface area (Å²) in [6.07, 6.45) is 0.266. The first kappa shape index (κ1) is 23.5. The molecular weight excluding hydrogens is 431 g/mol. The van der Waals surface area contributed by atoms with Gasteiger partial charge >= 0.3 is 12.1 Å². The van der Waals surface area contributed by atoms with Gasteiger partial charge in [-0.1, -0.05) is 12.1 Å². The highest BCUT2D eigenvalue weighted by Gasteiger charge is 2.47. The van der Waals surface area contributed by atoms with Gasteiger partial charge < -0.3 is 19.5 Å². The first-order valence-corrected chi connectivity index (χ1v) is 9.94. The summed E-state index contributed by atoms with van der Waals surface area (Å²) < 4.78 is 43.7. The smallest absolute Gasteiger partial charge is 0.475 e. The second-order valence-corrected chi connectivity index (χ2v) is 7.22. The SMILES string of the molecule is O=C(Cc1ccccn1)N1C[C@H](Oc2ccccn2)[C@H]2OCCC[C@H]21.O=C(O)C(F)(F)F. The molecule has 2 aromatic rings. The van der Waals surface area contributed by atoms with Crippen molar-refractivity contribution in [1.82, 2.24) is 14.9 Å². The number of alkyl halides is 3. The number of nitrogens with zero attached hydrogens (tertiary/aromatic N) is 3. The number of carboxylic acid groups (broad SMARTS) is 1. The van der Waals surface area contributed by atoms with Crippen LogP contribution in [0.25, 0.3) is 0 Å². The Morgan fingerprint density at radius 1 is 1.16 bits per heavy atom. The molecular formula is C21H22F3N3O5. The molecule has 0 saturated carbocycles. The lowest BCUT2D eigenvalue weighted by atomic mass is 10.0. The molecule has 0 aliphatic carbocycles. The van der Waals surface area contributed by atoms with Crippen molar-refractivity contribution in [3.63, 3.8) is 0 Å². The molecule has 0 bridgehead atoms. The lowest BCUT2D eigenvalue weighted by Crippen LogP contribution is -2.44. The van der Waals surface area contributed by atoms with E-state index in [-0.39, 0.29) is 24.2 Å². The maximum absolute atomic E-state index is 12.8. The van der Waals surface area contributed by atoms with Crippen molar-refractivity contribution in [2.24, 2.45) is 0 Å². The number of rotatable bonds is 4. The van der Waals surface area contributed by atoms with Crippen LogP contribution in [0, 0.1) is 0 Å². The Labute approximate surface area is 182 Å². The molecule has 4 rings (SSSR count). The van der Waals surface area contributed by atoms with Crippen molar-refractivity contribution >= 4 is 11.9 Å². The number of hydrogen-bond donors (Lipinski definition) is 1. The first-order chi connectivity index (χ1) is 15.3. The van der Waals surface area contributed by atoms with Crippen LogP contribution in [0.4, 0.5) is 13.2 Å². The Hall–Kier alpha value is -3.21. The van der Waals surface area contributed by atoms with E-state index in [1.165, 1.54) is 0 Å². The Balaban J connectivity index is 0.000000360. The van der Waals surface area contributed by atoms with Crippen LogP contribution in [0.3, 0.4) is 0 Å². The van der Waals surface area contributed by atoms with Gasteiger partial charge in [0, 0.05) is 30.8 Å². The molecule has 2 aromatic heterocycles. The number of ether oxygens (including phenoxy) is 2. The van der Waals surface area contributed by atoms with E-state index in [1.54, 1.807) is 12.4 Å². The molecule has 0 unspecified atom stereocenters. The standard InChI is InChI=1S/C19H21N3O3.C2HF3O2/c23-18(12-14-6-1-3-9-20-14)22-13-16(19-15(22)7-5-11-24-19)25-17-8-2-4-10-21-17;3-2(4,5)1(6)7/h1-4,6,8-10,15-16,19H,5,7,11-13H2;(H,6,7)/t15-,16+,19+;/m1./s1. The predicted octanol–water partition coefficient (Wildman–Crippen LogP) is 2.49. The number of aliphatic carboxylic acids is 1. The fraction of sp³-hybridized carbons (Fsp3) is 0.429. The number of amides is 1. The largest absolute Gasteiger partial charge is 0.490 e. The van der Waals surface area contributed by atoms with Crippen LogP contribution in [0.15, 0.2) is 48.8 Å². The van der Waals surface area contributed by atoms with Crippen LogP contribution < -0.4 is 4.74 Å². The summed E-state index contributed by atoms with van der Waals surface area (Å²) in [6.45, 7) is 1.24. The number of carbonyl (C=O) groups is 2. The summed E-state index contributed by atoms with van der Waals surface area (Å²) in [6, 6.07) is 11.3. The van der Waals surface area contributed by atoms with Gasteiger partial charge in [0.15, 0.2) is 0 Å². The van der Waals surface area contributed by atoms with Gasteiger partial charge in [0.1, 0.15) is 12.2 Å². The van der Waals surface area contributed by atoms with E-state index >= 15 is 0 Å². The van der Waals surface area contributed by atoms with Crippen molar-refractivity contribution in [2.75, 3.05) is 13.2 Å². The maximum Gasteiger partial charge on any atom is 0.490 e. The minimum absolute atomic E-state index is 0.0682. The number of carboxylic acids is 1. The van der Waals surface area contributed by atoms with Gasteiger partial charge in [0.2, 0.25) is 11.8 Å². The molecule has 2 aliphatic rings. The highest BCUT2D eigenvalue weighted by Crippen LogP contribution is 2.31. The Morgan fingerprint density at radius 3 is 2.44 bits per heavy atom. The number of halogens is 3. The molecule has 8 nitrogen and oxygen atoms in total. The third-order valence-corrected chi connectivity index (χ3v) is 5.01. The van der Waals surface area contributed by atoms with Crippen molar-refractivity contribution in [3.8, 4) is 5.88 Å². The Bertz CT molecular complexity index is 899. The maximum atomic E-state index is 12.8. The second kappa shape index (κ2) is 10.4. The zero-order valence-electron chi connectivity index (χ0n) is 16.9. The number of likely N-dealkylation sites (tertiary alicyclic amines) is 1. The molecule has 0 radical (unpaired) electrons. The monoisotopic (exact) mass is 453 g/mol.